The van der Waals surface area contributed by atoms with E-state index in [4.69, 9.17) is 27.6 Å². The molecule has 20 heavy (non-hydrogen) atoms. The number of benzene rings is 2. The molecule has 6 heteroatoms. The van der Waals surface area contributed by atoms with Crippen LogP contribution in [-0.4, -0.2) is 4.98 Å². The van der Waals surface area contributed by atoms with Crippen molar-refractivity contribution in [3.05, 3.63) is 68.9 Å². The van der Waals surface area contributed by atoms with Crippen LogP contribution in [0.15, 0.2) is 45.6 Å². The molecule has 0 fully saturated rings. The summed E-state index contributed by atoms with van der Waals surface area (Å²) in [6, 6.07) is 9.50. The van der Waals surface area contributed by atoms with Gasteiger partial charge in [-0.05, 0) is 29.3 Å². The summed E-state index contributed by atoms with van der Waals surface area (Å²) in [5.74, 6) is -1.06. The summed E-state index contributed by atoms with van der Waals surface area (Å²) in [5, 5.41) is -0.647. The third-order valence-electron chi connectivity index (χ3n) is 2.99. The van der Waals surface area contributed by atoms with E-state index in [1.165, 1.54) is 6.07 Å². The first-order valence-electron chi connectivity index (χ1n) is 5.77. The maximum absolute atomic E-state index is 13.5. The number of hydrogen-bond acceptors (Lipinski definition) is 2. The lowest BCUT2D eigenvalue weighted by Gasteiger charge is -2.12. The minimum Gasteiger partial charge on any atom is -0.408 e. The number of rotatable bonds is 2. The normalized spacial score (nSPS) is 12.8. The van der Waals surface area contributed by atoms with Crippen molar-refractivity contribution in [3.63, 3.8) is 0 Å². The van der Waals surface area contributed by atoms with E-state index in [9.17, 15) is 9.18 Å². The number of alkyl halides is 1. The second-order valence-corrected chi connectivity index (χ2v) is 5.09. The van der Waals surface area contributed by atoms with Gasteiger partial charge in [0.25, 0.3) is 0 Å². The molecular formula is C14H8Cl2FNO2. The van der Waals surface area contributed by atoms with Gasteiger partial charge in [0.1, 0.15) is 5.82 Å². The van der Waals surface area contributed by atoms with Crippen molar-refractivity contribution in [1.29, 1.82) is 0 Å². The van der Waals surface area contributed by atoms with Crippen LogP contribution in [0.5, 0.6) is 0 Å². The summed E-state index contributed by atoms with van der Waals surface area (Å²) >= 11 is 12.3. The van der Waals surface area contributed by atoms with Crippen LogP contribution in [0.4, 0.5) is 4.39 Å². The van der Waals surface area contributed by atoms with Crippen LogP contribution in [0.1, 0.15) is 16.5 Å². The lowest BCUT2D eigenvalue weighted by atomic mass is 10.0. The van der Waals surface area contributed by atoms with E-state index in [1.54, 1.807) is 30.3 Å². The number of halogens is 3. The number of oxazole rings is 1. The molecule has 0 radical (unpaired) electrons. The van der Waals surface area contributed by atoms with Crippen molar-refractivity contribution in [2.75, 3.05) is 0 Å². The lowest BCUT2D eigenvalue weighted by molar-refractivity contribution is 0.555. The van der Waals surface area contributed by atoms with Crippen molar-refractivity contribution in [1.82, 2.24) is 4.98 Å². The van der Waals surface area contributed by atoms with Crippen molar-refractivity contribution >= 4 is 34.3 Å². The van der Waals surface area contributed by atoms with Crippen LogP contribution in [0.3, 0.4) is 0 Å². The minimum atomic E-state index is -0.636. The zero-order chi connectivity index (χ0) is 14.3. The fourth-order valence-electron chi connectivity index (χ4n) is 2.02. The van der Waals surface area contributed by atoms with Gasteiger partial charge in [0, 0.05) is 0 Å². The Balaban J connectivity index is 2.09. The molecule has 3 aromatic rings. The third-order valence-corrected chi connectivity index (χ3v) is 3.88. The number of aromatic nitrogens is 1. The van der Waals surface area contributed by atoms with Gasteiger partial charge in [0.05, 0.1) is 15.9 Å². The maximum atomic E-state index is 13.5. The predicted molar refractivity (Wildman–Crippen MR) is 75.9 cm³/mol. The van der Waals surface area contributed by atoms with Gasteiger partial charge >= 0.3 is 5.76 Å². The topological polar surface area (TPSA) is 46.0 Å². The molecule has 0 aliphatic carbocycles. The first kappa shape index (κ1) is 13.2. The summed E-state index contributed by atoms with van der Waals surface area (Å²) in [6.45, 7) is 0. The Morgan fingerprint density at radius 3 is 2.85 bits per heavy atom. The van der Waals surface area contributed by atoms with E-state index < -0.39 is 17.0 Å². The van der Waals surface area contributed by atoms with Gasteiger partial charge in [-0.25, -0.2) is 9.18 Å². The number of fused-ring (bicyclic) bond motifs is 1. The Kier molecular flexibility index (Phi) is 3.28. The molecule has 1 unspecified atom stereocenters. The molecule has 1 N–H and O–H groups in total. The average molecular weight is 312 g/mol. The van der Waals surface area contributed by atoms with Crippen LogP contribution in [-0.2, 0) is 0 Å². The predicted octanol–water partition coefficient (Wildman–Crippen LogP) is 4.24. The number of H-pyrrole nitrogens is 1. The van der Waals surface area contributed by atoms with Crippen molar-refractivity contribution in [2.24, 2.45) is 0 Å². The Labute approximate surface area is 122 Å². The smallest absolute Gasteiger partial charge is 0.408 e. The lowest BCUT2D eigenvalue weighted by Crippen LogP contribution is -1.96. The molecule has 0 amide bonds. The van der Waals surface area contributed by atoms with Gasteiger partial charge in [-0.3, -0.25) is 4.98 Å². The van der Waals surface area contributed by atoms with E-state index >= 15 is 0 Å². The highest BCUT2D eigenvalue weighted by atomic mass is 35.5. The maximum Gasteiger partial charge on any atom is 0.417 e. The van der Waals surface area contributed by atoms with Crippen LogP contribution in [0, 0.1) is 5.82 Å². The van der Waals surface area contributed by atoms with E-state index in [2.05, 4.69) is 4.98 Å². The van der Waals surface area contributed by atoms with E-state index in [-0.39, 0.29) is 5.02 Å². The SMILES string of the molecule is O=c1[nH]c2ccc(C(Cl)c3cccc(F)c3Cl)cc2o1. The van der Waals surface area contributed by atoms with Crippen LogP contribution in [0.2, 0.25) is 5.02 Å². The van der Waals surface area contributed by atoms with Crippen LogP contribution < -0.4 is 5.76 Å². The van der Waals surface area contributed by atoms with E-state index in [0.29, 0.717) is 22.2 Å². The zero-order valence-electron chi connectivity index (χ0n) is 9.99. The third kappa shape index (κ3) is 2.21. The van der Waals surface area contributed by atoms with Gasteiger partial charge in [-0.2, -0.15) is 0 Å². The van der Waals surface area contributed by atoms with Gasteiger partial charge in [0.15, 0.2) is 5.58 Å². The highest BCUT2D eigenvalue weighted by molar-refractivity contribution is 6.33. The summed E-state index contributed by atoms with van der Waals surface area (Å²) < 4.78 is 18.4. The number of nitrogens with one attached hydrogen (secondary N) is 1. The average Bonchev–Trinajstić information content (AvgIpc) is 2.80. The first-order valence-corrected chi connectivity index (χ1v) is 6.58. The quantitative estimate of drug-likeness (QED) is 0.719. The molecule has 0 saturated carbocycles. The molecule has 3 nitrogen and oxygen atoms in total. The van der Waals surface area contributed by atoms with Crippen LogP contribution >= 0.6 is 23.2 Å². The standard InChI is InChI=1S/C14H8Cl2FNO2/c15-12(8-2-1-3-9(17)13(8)16)7-4-5-10-11(6-7)20-14(19)18-10/h1-6,12H,(H,18,19). The van der Waals surface area contributed by atoms with Crippen LogP contribution in [0.25, 0.3) is 11.1 Å². The van der Waals surface area contributed by atoms with Crippen molar-refractivity contribution in [3.8, 4) is 0 Å². The van der Waals surface area contributed by atoms with Gasteiger partial charge in [-0.15, -0.1) is 11.6 Å². The second kappa shape index (κ2) is 4.96. The second-order valence-electron chi connectivity index (χ2n) is 4.28. The molecule has 1 atom stereocenters. The molecular weight excluding hydrogens is 304 g/mol. The molecule has 0 aliphatic heterocycles. The van der Waals surface area contributed by atoms with Gasteiger partial charge in [-0.1, -0.05) is 29.8 Å². The molecule has 0 bridgehead atoms. The fourth-order valence-corrected chi connectivity index (χ4v) is 2.62. The molecule has 1 heterocycles. The van der Waals surface area contributed by atoms with Crippen molar-refractivity contribution < 1.29 is 8.81 Å². The monoisotopic (exact) mass is 311 g/mol. The minimum absolute atomic E-state index is 0.0110. The Hall–Kier alpha value is -1.78. The van der Waals surface area contributed by atoms with Crippen molar-refractivity contribution in [2.45, 2.75) is 5.38 Å². The molecule has 0 saturated heterocycles. The zero-order valence-corrected chi connectivity index (χ0v) is 11.5. The molecule has 2 aromatic carbocycles. The summed E-state index contributed by atoms with van der Waals surface area (Å²) in [5.41, 5.74) is 2.10. The Morgan fingerprint density at radius 1 is 1.25 bits per heavy atom. The first-order chi connectivity index (χ1) is 9.56. The molecule has 102 valence electrons. The van der Waals surface area contributed by atoms with Gasteiger partial charge < -0.3 is 4.42 Å². The molecule has 0 aliphatic rings. The highest BCUT2D eigenvalue weighted by Crippen LogP contribution is 2.35. The fraction of sp³-hybridized carbons (Fsp3) is 0.0714. The Morgan fingerprint density at radius 2 is 2.05 bits per heavy atom. The summed E-state index contributed by atoms with van der Waals surface area (Å²) in [4.78, 5) is 13.6. The summed E-state index contributed by atoms with van der Waals surface area (Å²) in [6.07, 6.45) is 0. The Bertz CT molecular complexity index is 841. The molecule has 3 rings (SSSR count). The molecule has 0 spiro atoms. The van der Waals surface area contributed by atoms with Gasteiger partial charge in [0.2, 0.25) is 0 Å². The highest BCUT2D eigenvalue weighted by Gasteiger charge is 2.17. The number of aromatic amines is 1. The number of hydrogen-bond donors (Lipinski definition) is 1. The largest absolute Gasteiger partial charge is 0.417 e. The summed E-state index contributed by atoms with van der Waals surface area (Å²) in [7, 11) is 0. The van der Waals surface area contributed by atoms with E-state index in [0.717, 1.165) is 0 Å². The molecule has 1 aromatic heterocycles. The van der Waals surface area contributed by atoms with E-state index in [1.807, 2.05) is 0 Å².